The van der Waals surface area contributed by atoms with Gasteiger partial charge in [0.25, 0.3) is 0 Å². The van der Waals surface area contributed by atoms with Crippen molar-refractivity contribution in [1.82, 2.24) is 4.98 Å². The van der Waals surface area contributed by atoms with Gasteiger partial charge in [-0.1, -0.05) is 26.8 Å². The Balaban J connectivity index is 2.80. The number of pyridine rings is 1. The summed E-state index contributed by atoms with van der Waals surface area (Å²) in [4.78, 5) is 16.8. The van der Waals surface area contributed by atoms with Crippen molar-refractivity contribution in [2.24, 2.45) is 0 Å². The summed E-state index contributed by atoms with van der Waals surface area (Å²) in [6, 6.07) is 3.98. The normalized spacial score (nSPS) is 11.6. The molecule has 1 heterocycles. The van der Waals surface area contributed by atoms with Crippen LogP contribution in [0.5, 0.6) is 0 Å². The molecular formula is C16H25NO2. The van der Waals surface area contributed by atoms with Crippen LogP contribution >= 0.6 is 0 Å². The molecule has 0 unspecified atom stereocenters. The number of ether oxygens (including phenoxy) is 1. The Morgan fingerprint density at radius 3 is 2.32 bits per heavy atom. The molecule has 0 aliphatic heterocycles. The molecule has 1 aromatic heterocycles. The average Bonchev–Trinajstić information content (AvgIpc) is 2.45. The highest BCUT2D eigenvalue weighted by molar-refractivity contribution is 5.88. The molecule has 1 aromatic rings. The van der Waals surface area contributed by atoms with Crippen molar-refractivity contribution in [3.8, 4) is 0 Å². The van der Waals surface area contributed by atoms with Crippen molar-refractivity contribution in [2.45, 2.75) is 59.0 Å². The average molecular weight is 263 g/mol. The Morgan fingerprint density at radius 1 is 1.21 bits per heavy atom. The van der Waals surface area contributed by atoms with Gasteiger partial charge < -0.3 is 4.74 Å². The molecule has 0 spiro atoms. The maximum absolute atomic E-state index is 12.5. The van der Waals surface area contributed by atoms with E-state index in [1.165, 1.54) is 5.56 Å². The molecule has 3 nitrogen and oxygen atoms in total. The monoisotopic (exact) mass is 263 g/mol. The van der Waals surface area contributed by atoms with E-state index in [2.05, 4.69) is 11.9 Å². The van der Waals surface area contributed by atoms with Crippen molar-refractivity contribution in [1.29, 1.82) is 0 Å². The third kappa shape index (κ3) is 3.87. The second-order valence-corrected chi connectivity index (χ2v) is 4.75. The van der Waals surface area contributed by atoms with Crippen LogP contribution in [-0.4, -0.2) is 23.0 Å². The van der Waals surface area contributed by atoms with Gasteiger partial charge in [0.2, 0.25) is 0 Å². The first kappa shape index (κ1) is 15.8. The van der Waals surface area contributed by atoms with Crippen LogP contribution in [-0.2, 0) is 22.4 Å². The largest absolute Gasteiger partial charge is 0.368 e. The van der Waals surface area contributed by atoms with Crippen LogP contribution in [0.3, 0.4) is 0 Å². The number of hydrogen-bond acceptors (Lipinski definition) is 3. The number of ketones is 1. The van der Waals surface area contributed by atoms with Gasteiger partial charge in [0.1, 0.15) is 5.60 Å². The number of rotatable bonds is 8. The Labute approximate surface area is 116 Å². The summed E-state index contributed by atoms with van der Waals surface area (Å²) in [6.45, 7) is 8.60. The molecule has 0 aliphatic rings. The van der Waals surface area contributed by atoms with Crippen LogP contribution < -0.4 is 0 Å². The Kier molecular flexibility index (Phi) is 6.16. The zero-order chi connectivity index (χ0) is 14.3. The van der Waals surface area contributed by atoms with Crippen molar-refractivity contribution < 1.29 is 9.53 Å². The molecule has 0 amide bonds. The van der Waals surface area contributed by atoms with Crippen LogP contribution in [0.25, 0.3) is 0 Å². The standard InChI is InChI=1S/C16H25NO2/c1-5-13-9-10-14(17-12-13)11-15(18)16(6-2,7-3)19-8-4/h9-10,12H,5-8,11H2,1-4H3. The Bertz CT molecular complexity index is 394. The number of nitrogens with zero attached hydrogens (tertiary/aromatic N) is 1. The molecule has 0 radical (unpaired) electrons. The molecule has 3 heteroatoms. The molecular weight excluding hydrogens is 238 g/mol. The van der Waals surface area contributed by atoms with Crippen LogP contribution in [0.1, 0.15) is 51.8 Å². The lowest BCUT2D eigenvalue weighted by Crippen LogP contribution is -2.41. The maximum Gasteiger partial charge on any atom is 0.170 e. The van der Waals surface area contributed by atoms with Crippen molar-refractivity contribution in [3.63, 3.8) is 0 Å². The Hall–Kier alpha value is -1.22. The number of Topliss-reactive ketones (excluding diaryl/α,β-unsaturated/α-hetero) is 1. The van der Waals surface area contributed by atoms with E-state index in [9.17, 15) is 4.79 Å². The first-order valence-electron chi connectivity index (χ1n) is 7.22. The van der Waals surface area contributed by atoms with Gasteiger partial charge in [-0.05, 0) is 37.8 Å². The number of carbonyl (C=O) groups is 1. The summed E-state index contributed by atoms with van der Waals surface area (Å²) in [5.74, 6) is 0.135. The highest BCUT2D eigenvalue weighted by atomic mass is 16.5. The molecule has 1 rings (SSSR count). The highest BCUT2D eigenvalue weighted by Crippen LogP contribution is 2.23. The number of hydrogen-bond donors (Lipinski definition) is 0. The van der Waals surface area contributed by atoms with Gasteiger partial charge in [-0.3, -0.25) is 9.78 Å². The molecule has 19 heavy (non-hydrogen) atoms. The SMILES string of the molecule is CCOC(CC)(CC)C(=O)Cc1ccc(CC)cn1. The topological polar surface area (TPSA) is 39.2 Å². The fourth-order valence-corrected chi connectivity index (χ4v) is 2.30. The van der Waals surface area contributed by atoms with E-state index in [-0.39, 0.29) is 5.78 Å². The fraction of sp³-hybridized carbons (Fsp3) is 0.625. The smallest absolute Gasteiger partial charge is 0.170 e. The van der Waals surface area contributed by atoms with E-state index in [0.29, 0.717) is 25.9 Å². The fourth-order valence-electron chi connectivity index (χ4n) is 2.30. The minimum atomic E-state index is -0.639. The number of carbonyl (C=O) groups excluding carboxylic acids is 1. The van der Waals surface area contributed by atoms with Crippen LogP contribution in [0.15, 0.2) is 18.3 Å². The Morgan fingerprint density at radius 2 is 1.89 bits per heavy atom. The molecule has 106 valence electrons. The van der Waals surface area contributed by atoms with Gasteiger partial charge in [-0.25, -0.2) is 0 Å². The molecule has 0 N–H and O–H groups in total. The van der Waals surface area contributed by atoms with E-state index in [1.54, 1.807) is 0 Å². The molecule has 0 bridgehead atoms. The lowest BCUT2D eigenvalue weighted by molar-refractivity contribution is -0.144. The molecule has 0 saturated carbocycles. The second kappa shape index (κ2) is 7.39. The predicted molar refractivity (Wildman–Crippen MR) is 77.3 cm³/mol. The zero-order valence-corrected chi connectivity index (χ0v) is 12.5. The van der Waals surface area contributed by atoms with Crippen LogP contribution in [0, 0.1) is 0 Å². The first-order chi connectivity index (χ1) is 9.11. The van der Waals surface area contributed by atoms with Crippen molar-refractivity contribution in [3.05, 3.63) is 29.6 Å². The lowest BCUT2D eigenvalue weighted by Gasteiger charge is -2.29. The molecule has 0 atom stereocenters. The van der Waals surface area contributed by atoms with Gasteiger partial charge in [-0.15, -0.1) is 0 Å². The molecule has 0 fully saturated rings. The lowest BCUT2D eigenvalue weighted by atomic mass is 9.89. The summed E-state index contributed by atoms with van der Waals surface area (Å²) < 4.78 is 5.73. The first-order valence-corrected chi connectivity index (χ1v) is 7.22. The van der Waals surface area contributed by atoms with Gasteiger partial charge in [0.05, 0.1) is 6.42 Å². The quantitative estimate of drug-likeness (QED) is 0.722. The van der Waals surface area contributed by atoms with E-state index >= 15 is 0 Å². The number of aryl methyl sites for hydroxylation is 1. The minimum Gasteiger partial charge on any atom is -0.368 e. The van der Waals surface area contributed by atoms with Gasteiger partial charge >= 0.3 is 0 Å². The summed E-state index contributed by atoms with van der Waals surface area (Å²) in [6.07, 6.45) is 4.59. The van der Waals surface area contributed by atoms with Gasteiger partial charge in [0.15, 0.2) is 5.78 Å². The van der Waals surface area contributed by atoms with Gasteiger partial charge in [0, 0.05) is 18.5 Å². The predicted octanol–water partition coefficient (Wildman–Crippen LogP) is 3.35. The minimum absolute atomic E-state index is 0.135. The van der Waals surface area contributed by atoms with Gasteiger partial charge in [-0.2, -0.15) is 0 Å². The highest BCUT2D eigenvalue weighted by Gasteiger charge is 2.35. The third-order valence-corrected chi connectivity index (χ3v) is 3.71. The molecule has 0 aromatic carbocycles. The molecule has 0 saturated heterocycles. The summed E-state index contributed by atoms with van der Waals surface area (Å²) in [5, 5.41) is 0. The summed E-state index contributed by atoms with van der Waals surface area (Å²) >= 11 is 0. The third-order valence-electron chi connectivity index (χ3n) is 3.71. The number of aromatic nitrogens is 1. The van der Waals surface area contributed by atoms with Crippen molar-refractivity contribution in [2.75, 3.05) is 6.61 Å². The zero-order valence-electron chi connectivity index (χ0n) is 12.5. The summed E-state index contributed by atoms with van der Waals surface area (Å²) in [5.41, 5.74) is 1.38. The van der Waals surface area contributed by atoms with Crippen molar-refractivity contribution >= 4 is 5.78 Å². The van der Waals surface area contributed by atoms with E-state index in [0.717, 1.165) is 12.1 Å². The van der Waals surface area contributed by atoms with Crippen LogP contribution in [0.4, 0.5) is 0 Å². The van der Waals surface area contributed by atoms with Crippen LogP contribution in [0.2, 0.25) is 0 Å². The van der Waals surface area contributed by atoms with E-state index in [1.807, 2.05) is 39.1 Å². The molecule has 0 aliphatic carbocycles. The van der Waals surface area contributed by atoms with E-state index in [4.69, 9.17) is 4.74 Å². The second-order valence-electron chi connectivity index (χ2n) is 4.75. The van der Waals surface area contributed by atoms with E-state index < -0.39 is 5.60 Å². The summed E-state index contributed by atoms with van der Waals surface area (Å²) in [7, 11) is 0. The maximum atomic E-state index is 12.5.